The van der Waals surface area contributed by atoms with Crippen molar-refractivity contribution in [1.29, 1.82) is 0 Å². The molecule has 0 radical (unpaired) electrons. The molecule has 0 heterocycles. The molecule has 17 heavy (non-hydrogen) atoms. The van der Waals surface area contributed by atoms with Gasteiger partial charge in [-0.1, -0.05) is 12.1 Å². The molecule has 4 nitrogen and oxygen atoms in total. The number of aliphatic hydroxyl groups excluding tert-OH is 1. The Bertz CT molecular complexity index is 468. The number of sulfone groups is 1. The van der Waals surface area contributed by atoms with Gasteiger partial charge >= 0.3 is 0 Å². The number of nitrogens with zero attached hydrogens (tertiary/aromatic N) is 1. The largest absolute Gasteiger partial charge is 0.395 e. The summed E-state index contributed by atoms with van der Waals surface area (Å²) in [5, 5.41) is 9.05. The standard InChI is InChI=1S/C12H19NO3S/c1-10(2)13(8-9-14)11-6-4-5-7-12(11)17(3,15)16/h4-7,10,14H,8-9H2,1-3H3. The fourth-order valence-corrected chi connectivity index (χ4v) is 2.66. The molecule has 96 valence electrons. The third-order valence-corrected chi connectivity index (χ3v) is 3.68. The topological polar surface area (TPSA) is 57.6 Å². The molecule has 0 spiro atoms. The van der Waals surface area contributed by atoms with Crippen LogP contribution >= 0.6 is 0 Å². The van der Waals surface area contributed by atoms with E-state index in [1.807, 2.05) is 18.7 Å². The highest BCUT2D eigenvalue weighted by molar-refractivity contribution is 7.90. The van der Waals surface area contributed by atoms with E-state index < -0.39 is 9.84 Å². The first-order valence-corrected chi connectivity index (χ1v) is 7.43. The van der Waals surface area contributed by atoms with E-state index >= 15 is 0 Å². The maximum atomic E-state index is 11.7. The molecule has 1 aromatic carbocycles. The van der Waals surface area contributed by atoms with Crippen molar-refractivity contribution in [3.63, 3.8) is 0 Å². The number of hydrogen-bond donors (Lipinski definition) is 1. The summed E-state index contributed by atoms with van der Waals surface area (Å²) in [6.07, 6.45) is 1.20. The lowest BCUT2D eigenvalue weighted by Gasteiger charge is -2.29. The highest BCUT2D eigenvalue weighted by atomic mass is 32.2. The number of hydrogen-bond acceptors (Lipinski definition) is 4. The van der Waals surface area contributed by atoms with E-state index in [-0.39, 0.29) is 12.6 Å². The van der Waals surface area contributed by atoms with E-state index in [4.69, 9.17) is 5.11 Å². The normalized spacial score (nSPS) is 11.8. The van der Waals surface area contributed by atoms with Gasteiger partial charge in [-0.05, 0) is 26.0 Å². The van der Waals surface area contributed by atoms with Crippen LogP contribution in [0.15, 0.2) is 29.2 Å². The molecule has 0 aliphatic carbocycles. The molecular formula is C12H19NO3S. The van der Waals surface area contributed by atoms with Gasteiger partial charge in [-0.15, -0.1) is 0 Å². The predicted molar refractivity (Wildman–Crippen MR) is 69.1 cm³/mol. The Kier molecular flexibility index (Phi) is 4.54. The SMILES string of the molecule is CC(C)N(CCO)c1ccccc1S(C)(=O)=O. The van der Waals surface area contributed by atoms with Crippen LogP contribution in [0.1, 0.15) is 13.8 Å². The van der Waals surface area contributed by atoms with Crippen molar-refractivity contribution in [3.05, 3.63) is 24.3 Å². The van der Waals surface area contributed by atoms with Crippen molar-refractivity contribution in [2.75, 3.05) is 24.3 Å². The van der Waals surface area contributed by atoms with E-state index in [1.165, 1.54) is 6.26 Å². The molecule has 0 aromatic heterocycles. The summed E-state index contributed by atoms with van der Waals surface area (Å²) in [7, 11) is -3.25. The van der Waals surface area contributed by atoms with Gasteiger partial charge < -0.3 is 10.0 Å². The van der Waals surface area contributed by atoms with E-state index in [0.717, 1.165) is 0 Å². The van der Waals surface area contributed by atoms with Crippen LogP contribution in [-0.4, -0.2) is 39.0 Å². The maximum absolute atomic E-state index is 11.7. The first kappa shape index (κ1) is 14.0. The van der Waals surface area contributed by atoms with Crippen molar-refractivity contribution in [1.82, 2.24) is 0 Å². The average molecular weight is 257 g/mol. The summed E-state index contributed by atoms with van der Waals surface area (Å²) in [5.41, 5.74) is 0.652. The second kappa shape index (κ2) is 5.51. The zero-order valence-electron chi connectivity index (χ0n) is 10.4. The highest BCUT2D eigenvalue weighted by Gasteiger charge is 2.19. The molecule has 1 rings (SSSR count). The minimum absolute atomic E-state index is 0.00369. The molecule has 1 aromatic rings. The molecule has 0 aliphatic heterocycles. The van der Waals surface area contributed by atoms with Gasteiger partial charge in [0.05, 0.1) is 17.2 Å². The van der Waals surface area contributed by atoms with Crippen molar-refractivity contribution < 1.29 is 13.5 Å². The van der Waals surface area contributed by atoms with E-state index in [0.29, 0.717) is 17.1 Å². The van der Waals surface area contributed by atoms with Crippen LogP contribution in [0.2, 0.25) is 0 Å². The van der Waals surface area contributed by atoms with Gasteiger partial charge in [-0.3, -0.25) is 0 Å². The highest BCUT2D eigenvalue weighted by Crippen LogP contribution is 2.26. The molecule has 5 heteroatoms. The summed E-state index contributed by atoms with van der Waals surface area (Å²) in [6, 6.07) is 7.00. The third-order valence-electron chi connectivity index (χ3n) is 2.54. The second-order valence-electron chi connectivity index (χ2n) is 4.25. The Morgan fingerprint density at radius 3 is 2.35 bits per heavy atom. The predicted octanol–water partition coefficient (Wildman–Crippen LogP) is 1.30. The summed E-state index contributed by atoms with van der Waals surface area (Å²) >= 11 is 0. The van der Waals surface area contributed by atoms with Crippen LogP contribution in [0.25, 0.3) is 0 Å². The summed E-state index contributed by atoms with van der Waals surface area (Å²) in [4.78, 5) is 2.19. The first-order valence-electron chi connectivity index (χ1n) is 5.54. The number of aliphatic hydroxyl groups is 1. The monoisotopic (exact) mass is 257 g/mol. The van der Waals surface area contributed by atoms with Crippen LogP contribution in [0.4, 0.5) is 5.69 Å². The van der Waals surface area contributed by atoms with E-state index in [9.17, 15) is 8.42 Å². The maximum Gasteiger partial charge on any atom is 0.177 e. The van der Waals surface area contributed by atoms with Crippen molar-refractivity contribution in [2.45, 2.75) is 24.8 Å². The molecule has 0 aliphatic rings. The lowest BCUT2D eigenvalue weighted by molar-refractivity contribution is 0.299. The van der Waals surface area contributed by atoms with Gasteiger partial charge in [0.2, 0.25) is 0 Å². The Morgan fingerprint density at radius 2 is 1.88 bits per heavy atom. The quantitative estimate of drug-likeness (QED) is 0.863. The van der Waals surface area contributed by atoms with Gasteiger partial charge in [0.15, 0.2) is 9.84 Å². The van der Waals surface area contributed by atoms with E-state index in [2.05, 4.69) is 0 Å². The summed E-state index contributed by atoms with van der Waals surface area (Å²) in [6.45, 7) is 4.35. The lowest BCUT2D eigenvalue weighted by Crippen LogP contribution is -2.34. The number of anilines is 1. The third kappa shape index (κ3) is 3.44. The Balaban J connectivity index is 3.29. The molecular weight excluding hydrogens is 238 g/mol. The van der Waals surface area contributed by atoms with Gasteiger partial charge in [0, 0.05) is 18.8 Å². The van der Waals surface area contributed by atoms with Crippen molar-refractivity contribution >= 4 is 15.5 Å². The Labute approximate surface area is 103 Å². The van der Waals surface area contributed by atoms with Crippen LogP contribution < -0.4 is 4.90 Å². The fourth-order valence-electron chi connectivity index (χ4n) is 1.77. The summed E-state index contributed by atoms with van der Waals surface area (Å²) < 4.78 is 23.4. The van der Waals surface area contributed by atoms with E-state index in [1.54, 1.807) is 24.3 Å². The molecule has 0 bridgehead atoms. The van der Waals surface area contributed by atoms with Crippen LogP contribution in [-0.2, 0) is 9.84 Å². The second-order valence-corrected chi connectivity index (χ2v) is 6.23. The molecule has 0 saturated heterocycles. The molecule has 1 N–H and O–H groups in total. The average Bonchev–Trinajstić information content (AvgIpc) is 2.24. The zero-order chi connectivity index (χ0) is 13.1. The summed E-state index contributed by atoms with van der Waals surface area (Å²) in [5.74, 6) is 0. The molecule has 0 saturated carbocycles. The Morgan fingerprint density at radius 1 is 1.29 bits per heavy atom. The van der Waals surface area contributed by atoms with Gasteiger partial charge in [-0.2, -0.15) is 0 Å². The minimum Gasteiger partial charge on any atom is -0.395 e. The molecule has 0 fully saturated rings. The van der Waals surface area contributed by atoms with Gasteiger partial charge in [0.25, 0.3) is 0 Å². The minimum atomic E-state index is -3.25. The Hall–Kier alpha value is -1.07. The zero-order valence-corrected chi connectivity index (χ0v) is 11.2. The van der Waals surface area contributed by atoms with Crippen molar-refractivity contribution in [2.24, 2.45) is 0 Å². The van der Waals surface area contributed by atoms with Crippen LogP contribution in [0.3, 0.4) is 0 Å². The fraction of sp³-hybridized carbons (Fsp3) is 0.500. The molecule has 0 amide bonds. The number of rotatable bonds is 5. The lowest BCUT2D eigenvalue weighted by atomic mass is 10.2. The van der Waals surface area contributed by atoms with Crippen LogP contribution in [0.5, 0.6) is 0 Å². The smallest absolute Gasteiger partial charge is 0.177 e. The molecule has 0 atom stereocenters. The van der Waals surface area contributed by atoms with Crippen molar-refractivity contribution in [3.8, 4) is 0 Å². The van der Waals surface area contributed by atoms with Gasteiger partial charge in [0.1, 0.15) is 0 Å². The molecule has 0 unspecified atom stereocenters. The number of benzene rings is 1. The van der Waals surface area contributed by atoms with Gasteiger partial charge in [-0.25, -0.2) is 8.42 Å². The van der Waals surface area contributed by atoms with Crippen LogP contribution in [0, 0.1) is 0 Å². The first-order chi connectivity index (χ1) is 7.88. The number of para-hydroxylation sites is 1.